The SMILES string of the molecule is CC1(C)CCCC(NCCc2cc(F)cc(F)c2)CC1. The van der Waals surface area contributed by atoms with E-state index in [4.69, 9.17) is 0 Å². The molecule has 1 unspecified atom stereocenters. The maximum Gasteiger partial charge on any atom is 0.126 e. The molecule has 2 rings (SSSR count). The van der Waals surface area contributed by atoms with Crippen molar-refractivity contribution in [1.29, 1.82) is 0 Å². The van der Waals surface area contributed by atoms with Gasteiger partial charge in [0.25, 0.3) is 0 Å². The van der Waals surface area contributed by atoms with Gasteiger partial charge in [0.2, 0.25) is 0 Å². The number of hydrogen-bond acceptors (Lipinski definition) is 1. The van der Waals surface area contributed by atoms with E-state index in [2.05, 4.69) is 19.2 Å². The fourth-order valence-electron chi connectivity index (χ4n) is 3.04. The Morgan fingerprint density at radius 2 is 1.80 bits per heavy atom. The third-order valence-corrected chi connectivity index (χ3v) is 4.34. The predicted molar refractivity (Wildman–Crippen MR) is 78.7 cm³/mol. The molecule has 1 aliphatic rings. The van der Waals surface area contributed by atoms with E-state index in [1.54, 1.807) is 0 Å². The van der Waals surface area contributed by atoms with Crippen LogP contribution in [-0.4, -0.2) is 12.6 Å². The number of rotatable bonds is 4. The van der Waals surface area contributed by atoms with Gasteiger partial charge in [0.1, 0.15) is 11.6 Å². The summed E-state index contributed by atoms with van der Waals surface area (Å²) in [5.41, 5.74) is 1.19. The van der Waals surface area contributed by atoms with Gasteiger partial charge in [-0.3, -0.25) is 0 Å². The van der Waals surface area contributed by atoms with Crippen molar-refractivity contribution in [3.05, 3.63) is 35.4 Å². The predicted octanol–water partition coefficient (Wildman–Crippen LogP) is 4.46. The van der Waals surface area contributed by atoms with Crippen molar-refractivity contribution >= 4 is 0 Å². The molecule has 0 radical (unpaired) electrons. The second-order valence-electron chi connectivity index (χ2n) is 6.77. The van der Waals surface area contributed by atoms with E-state index in [1.807, 2.05) is 0 Å². The highest BCUT2D eigenvalue weighted by atomic mass is 19.1. The molecule has 0 heterocycles. The molecular weight excluding hydrogens is 256 g/mol. The largest absolute Gasteiger partial charge is 0.314 e. The Balaban J connectivity index is 1.78. The summed E-state index contributed by atoms with van der Waals surface area (Å²) < 4.78 is 26.2. The first-order valence-electron chi connectivity index (χ1n) is 7.63. The third kappa shape index (κ3) is 4.86. The van der Waals surface area contributed by atoms with Crippen molar-refractivity contribution in [2.75, 3.05) is 6.54 Å². The Hall–Kier alpha value is -0.960. The normalized spacial score (nSPS) is 22.5. The minimum Gasteiger partial charge on any atom is -0.314 e. The molecule has 112 valence electrons. The second-order valence-corrected chi connectivity index (χ2v) is 6.77. The number of halogens is 2. The van der Waals surface area contributed by atoms with Crippen LogP contribution in [-0.2, 0) is 6.42 Å². The Morgan fingerprint density at radius 1 is 1.10 bits per heavy atom. The van der Waals surface area contributed by atoms with Gasteiger partial charge in [-0.15, -0.1) is 0 Å². The van der Waals surface area contributed by atoms with Crippen LogP contribution >= 0.6 is 0 Å². The van der Waals surface area contributed by atoms with Gasteiger partial charge in [0, 0.05) is 12.1 Å². The zero-order valence-corrected chi connectivity index (χ0v) is 12.5. The van der Waals surface area contributed by atoms with E-state index in [9.17, 15) is 8.78 Å². The summed E-state index contributed by atoms with van der Waals surface area (Å²) in [7, 11) is 0. The molecule has 1 fully saturated rings. The van der Waals surface area contributed by atoms with Gasteiger partial charge < -0.3 is 5.32 Å². The lowest BCUT2D eigenvalue weighted by Gasteiger charge is -2.22. The highest BCUT2D eigenvalue weighted by Crippen LogP contribution is 2.33. The van der Waals surface area contributed by atoms with Gasteiger partial charge in [0.05, 0.1) is 0 Å². The van der Waals surface area contributed by atoms with Gasteiger partial charge in [-0.05, 0) is 61.8 Å². The minimum atomic E-state index is -0.490. The molecule has 1 aliphatic carbocycles. The van der Waals surface area contributed by atoms with E-state index in [-0.39, 0.29) is 0 Å². The number of benzene rings is 1. The van der Waals surface area contributed by atoms with Crippen LogP contribution in [0.5, 0.6) is 0 Å². The summed E-state index contributed by atoms with van der Waals surface area (Å²) >= 11 is 0. The van der Waals surface area contributed by atoms with E-state index in [0.29, 0.717) is 17.9 Å². The zero-order valence-electron chi connectivity index (χ0n) is 12.5. The monoisotopic (exact) mass is 281 g/mol. The van der Waals surface area contributed by atoms with Crippen LogP contribution in [0.2, 0.25) is 0 Å². The van der Waals surface area contributed by atoms with Crippen LogP contribution in [0.1, 0.15) is 51.5 Å². The fourth-order valence-corrected chi connectivity index (χ4v) is 3.04. The van der Waals surface area contributed by atoms with Crippen LogP contribution in [0.15, 0.2) is 18.2 Å². The molecule has 1 N–H and O–H groups in total. The maximum absolute atomic E-state index is 13.1. The Bertz CT molecular complexity index is 422. The van der Waals surface area contributed by atoms with Crippen LogP contribution in [0, 0.1) is 17.0 Å². The lowest BCUT2D eigenvalue weighted by atomic mass is 9.85. The van der Waals surface area contributed by atoms with Gasteiger partial charge in [-0.1, -0.05) is 20.3 Å². The Labute approximate surface area is 120 Å². The van der Waals surface area contributed by atoms with Crippen molar-refractivity contribution in [3.63, 3.8) is 0 Å². The van der Waals surface area contributed by atoms with Crippen LogP contribution in [0.25, 0.3) is 0 Å². The minimum absolute atomic E-state index is 0.460. The number of nitrogens with one attached hydrogen (secondary N) is 1. The second kappa shape index (κ2) is 6.66. The van der Waals surface area contributed by atoms with Gasteiger partial charge >= 0.3 is 0 Å². The molecule has 0 bridgehead atoms. The summed E-state index contributed by atoms with van der Waals surface area (Å²) in [6, 6.07) is 4.31. The summed E-state index contributed by atoms with van der Waals surface area (Å²) in [5, 5.41) is 3.54. The molecule has 1 aromatic carbocycles. The molecule has 20 heavy (non-hydrogen) atoms. The first-order chi connectivity index (χ1) is 9.44. The third-order valence-electron chi connectivity index (χ3n) is 4.34. The van der Waals surface area contributed by atoms with Crippen LogP contribution in [0.3, 0.4) is 0 Å². The highest BCUT2D eigenvalue weighted by Gasteiger charge is 2.23. The lowest BCUT2D eigenvalue weighted by molar-refractivity contribution is 0.310. The molecule has 0 amide bonds. The van der Waals surface area contributed by atoms with Crippen LogP contribution in [0.4, 0.5) is 8.78 Å². The zero-order chi connectivity index (χ0) is 14.6. The first-order valence-corrected chi connectivity index (χ1v) is 7.63. The quantitative estimate of drug-likeness (QED) is 0.804. The molecule has 1 atom stereocenters. The van der Waals surface area contributed by atoms with Gasteiger partial charge in [-0.25, -0.2) is 8.78 Å². The molecule has 0 saturated heterocycles. The summed E-state index contributed by atoms with van der Waals surface area (Å²) in [5.74, 6) is -0.979. The van der Waals surface area contributed by atoms with Crippen molar-refractivity contribution in [3.8, 4) is 0 Å². The average Bonchev–Trinajstić information content (AvgIpc) is 2.50. The van der Waals surface area contributed by atoms with Crippen molar-refractivity contribution in [1.82, 2.24) is 5.32 Å². The van der Waals surface area contributed by atoms with E-state index < -0.39 is 11.6 Å². The molecular formula is C17H25F2N. The van der Waals surface area contributed by atoms with Crippen molar-refractivity contribution < 1.29 is 8.78 Å². The summed E-state index contributed by atoms with van der Waals surface area (Å²) in [6.45, 7) is 5.46. The summed E-state index contributed by atoms with van der Waals surface area (Å²) in [6.07, 6.45) is 6.89. The first kappa shape index (κ1) is 15.4. The van der Waals surface area contributed by atoms with Gasteiger partial charge in [-0.2, -0.15) is 0 Å². The Kier molecular flexibility index (Phi) is 5.14. The highest BCUT2D eigenvalue weighted by molar-refractivity contribution is 5.18. The molecule has 0 aromatic heterocycles. The molecule has 1 aromatic rings. The van der Waals surface area contributed by atoms with Crippen molar-refractivity contribution in [2.24, 2.45) is 5.41 Å². The lowest BCUT2D eigenvalue weighted by Crippen LogP contribution is -2.30. The average molecular weight is 281 g/mol. The standard InChI is InChI=1S/C17H25F2N/c1-17(2)7-3-4-16(5-8-17)20-9-6-13-10-14(18)12-15(19)11-13/h10-12,16,20H,3-9H2,1-2H3. The molecule has 1 saturated carbocycles. The maximum atomic E-state index is 13.1. The molecule has 3 heteroatoms. The number of hydrogen-bond donors (Lipinski definition) is 1. The van der Waals surface area contributed by atoms with Crippen molar-refractivity contribution in [2.45, 2.75) is 58.4 Å². The van der Waals surface area contributed by atoms with Gasteiger partial charge in [0.15, 0.2) is 0 Å². The smallest absolute Gasteiger partial charge is 0.126 e. The fraction of sp³-hybridized carbons (Fsp3) is 0.647. The van der Waals surface area contributed by atoms with E-state index >= 15 is 0 Å². The van der Waals surface area contributed by atoms with E-state index in [1.165, 1.54) is 44.2 Å². The molecule has 0 spiro atoms. The topological polar surface area (TPSA) is 12.0 Å². The van der Waals surface area contributed by atoms with Crippen LogP contribution < -0.4 is 5.32 Å². The van der Waals surface area contributed by atoms with E-state index in [0.717, 1.165) is 18.2 Å². The molecule has 1 nitrogen and oxygen atoms in total. The Morgan fingerprint density at radius 3 is 2.50 bits per heavy atom. The summed E-state index contributed by atoms with van der Waals surface area (Å²) in [4.78, 5) is 0. The molecule has 0 aliphatic heterocycles.